The smallest absolute Gasteiger partial charge is 0.409 e. The molecule has 0 fully saturated rings. The van der Waals surface area contributed by atoms with Crippen LogP contribution in [0.4, 0.5) is 10.6 Å². The third-order valence-corrected chi connectivity index (χ3v) is 3.58. The van der Waals surface area contributed by atoms with Crippen LogP contribution < -0.4 is 10.5 Å². The lowest BCUT2D eigenvalue weighted by Gasteiger charge is -2.02. The van der Waals surface area contributed by atoms with Gasteiger partial charge in [0.2, 0.25) is 0 Å². The fourth-order valence-electron chi connectivity index (χ4n) is 2.37. The number of ether oxygens (including phenoxy) is 1. The van der Waals surface area contributed by atoms with Crippen molar-refractivity contribution in [1.29, 1.82) is 0 Å². The van der Waals surface area contributed by atoms with Gasteiger partial charge in [-0.3, -0.25) is 0 Å². The summed E-state index contributed by atoms with van der Waals surface area (Å²) in [5.74, 6) is 1.13. The zero-order valence-corrected chi connectivity index (χ0v) is 13.0. The SMILES string of the molecule is Nc1nc(-c2ccccc2)nc2nn(C(=O)Oc3ccccc3)cc12. The Balaban J connectivity index is 1.70. The van der Waals surface area contributed by atoms with Gasteiger partial charge in [-0.2, -0.15) is 4.68 Å². The molecule has 0 radical (unpaired) electrons. The largest absolute Gasteiger partial charge is 0.440 e. The maximum atomic E-state index is 12.2. The summed E-state index contributed by atoms with van der Waals surface area (Å²) in [7, 11) is 0. The normalized spacial score (nSPS) is 10.7. The highest BCUT2D eigenvalue weighted by atomic mass is 16.6. The number of nitrogens with zero attached hydrogens (tertiary/aromatic N) is 4. The van der Waals surface area contributed by atoms with Crippen molar-refractivity contribution in [2.24, 2.45) is 0 Å². The number of nitrogen functional groups attached to an aromatic ring is 1. The van der Waals surface area contributed by atoms with Crippen molar-refractivity contribution in [3.8, 4) is 17.1 Å². The number of carbonyl (C=O) groups is 1. The highest BCUT2D eigenvalue weighted by Crippen LogP contribution is 2.22. The summed E-state index contributed by atoms with van der Waals surface area (Å²) in [6.45, 7) is 0. The minimum atomic E-state index is -0.648. The first-order valence-electron chi connectivity index (χ1n) is 7.56. The highest BCUT2D eigenvalue weighted by molar-refractivity contribution is 5.89. The summed E-state index contributed by atoms with van der Waals surface area (Å²) in [6, 6.07) is 18.2. The van der Waals surface area contributed by atoms with Gasteiger partial charge in [-0.05, 0) is 12.1 Å². The van der Waals surface area contributed by atoms with Crippen LogP contribution in [0, 0.1) is 0 Å². The molecule has 4 aromatic rings. The van der Waals surface area contributed by atoms with Gasteiger partial charge in [-0.15, -0.1) is 5.10 Å². The van der Waals surface area contributed by atoms with Crippen LogP contribution in [0.3, 0.4) is 0 Å². The molecule has 0 bridgehead atoms. The fraction of sp³-hybridized carbons (Fsp3) is 0. The second-order valence-corrected chi connectivity index (χ2v) is 5.29. The van der Waals surface area contributed by atoms with E-state index in [0.29, 0.717) is 22.6 Å². The molecular formula is C18H13N5O2. The van der Waals surface area contributed by atoms with Crippen LogP contribution in [0.2, 0.25) is 0 Å². The third-order valence-electron chi connectivity index (χ3n) is 3.58. The Kier molecular flexibility index (Phi) is 3.59. The Labute approximate surface area is 142 Å². The summed E-state index contributed by atoms with van der Waals surface area (Å²) >= 11 is 0. The number of anilines is 1. The third kappa shape index (κ3) is 2.90. The number of hydrogen-bond acceptors (Lipinski definition) is 6. The Morgan fingerprint density at radius 3 is 2.36 bits per heavy atom. The van der Waals surface area contributed by atoms with Gasteiger partial charge in [0.25, 0.3) is 0 Å². The summed E-state index contributed by atoms with van der Waals surface area (Å²) in [6.07, 6.45) is 0.815. The van der Waals surface area contributed by atoms with E-state index in [2.05, 4.69) is 15.1 Å². The molecule has 122 valence electrons. The Morgan fingerprint density at radius 2 is 1.64 bits per heavy atom. The zero-order valence-electron chi connectivity index (χ0n) is 13.0. The van der Waals surface area contributed by atoms with Crippen molar-refractivity contribution < 1.29 is 9.53 Å². The second-order valence-electron chi connectivity index (χ2n) is 5.29. The quantitative estimate of drug-likeness (QED) is 0.606. The van der Waals surface area contributed by atoms with E-state index in [1.54, 1.807) is 24.3 Å². The number of aromatic nitrogens is 4. The molecule has 2 aromatic heterocycles. The van der Waals surface area contributed by atoms with E-state index in [-0.39, 0.29) is 5.82 Å². The van der Waals surface area contributed by atoms with Gasteiger partial charge in [0, 0.05) is 5.56 Å². The molecular weight excluding hydrogens is 318 g/mol. The van der Waals surface area contributed by atoms with E-state index in [9.17, 15) is 4.79 Å². The predicted octanol–water partition coefficient (Wildman–Crippen LogP) is 3.12. The molecule has 0 atom stereocenters. The van der Waals surface area contributed by atoms with Gasteiger partial charge >= 0.3 is 6.09 Å². The maximum absolute atomic E-state index is 12.2. The molecule has 7 nitrogen and oxygen atoms in total. The molecule has 0 spiro atoms. The average molecular weight is 331 g/mol. The van der Waals surface area contributed by atoms with E-state index in [1.807, 2.05) is 36.4 Å². The Hall–Kier alpha value is -3.74. The molecule has 7 heteroatoms. The van der Waals surface area contributed by atoms with Crippen LogP contribution in [-0.4, -0.2) is 25.8 Å². The van der Waals surface area contributed by atoms with Crippen molar-refractivity contribution in [3.05, 3.63) is 66.9 Å². The number of fused-ring (bicyclic) bond motifs is 1. The Morgan fingerprint density at radius 1 is 0.960 bits per heavy atom. The van der Waals surface area contributed by atoms with Crippen LogP contribution in [0.1, 0.15) is 0 Å². The number of rotatable bonds is 2. The van der Waals surface area contributed by atoms with Crippen molar-refractivity contribution in [1.82, 2.24) is 19.7 Å². The van der Waals surface area contributed by atoms with E-state index in [4.69, 9.17) is 10.5 Å². The molecule has 2 N–H and O–H groups in total. The van der Waals surface area contributed by atoms with Gasteiger partial charge in [0.05, 0.1) is 11.6 Å². The number of benzene rings is 2. The molecule has 25 heavy (non-hydrogen) atoms. The molecule has 0 aliphatic heterocycles. The van der Waals surface area contributed by atoms with Crippen LogP contribution in [-0.2, 0) is 0 Å². The minimum absolute atomic E-state index is 0.252. The standard InChI is InChI=1S/C18H13N5O2/c19-15-14-11-23(18(24)25-13-9-5-2-6-10-13)22-17(14)21-16(20-15)12-7-3-1-4-8-12/h1-11H,(H2,19,20,21,22). The highest BCUT2D eigenvalue weighted by Gasteiger charge is 2.15. The van der Waals surface area contributed by atoms with E-state index >= 15 is 0 Å². The zero-order chi connectivity index (χ0) is 17.2. The van der Waals surface area contributed by atoms with Gasteiger partial charge in [-0.1, -0.05) is 48.5 Å². The van der Waals surface area contributed by atoms with Gasteiger partial charge in [-0.25, -0.2) is 14.8 Å². The lowest BCUT2D eigenvalue weighted by Crippen LogP contribution is -2.17. The molecule has 0 saturated heterocycles. The molecule has 0 aliphatic rings. The monoisotopic (exact) mass is 331 g/mol. The molecule has 0 aliphatic carbocycles. The first-order valence-corrected chi connectivity index (χ1v) is 7.56. The fourth-order valence-corrected chi connectivity index (χ4v) is 2.37. The number of hydrogen-bond donors (Lipinski definition) is 1. The molecule has 4 rings (SSSR count). The average Bonchev–Trinajstić information content (AvgIpc) is 3.08. The molecule has 0 amide bonds. The number of carbonyl (C=O) groups excluding carboxylic acids is 1. The summed E-state index contributed by atoms with van der Waals surface area (Å²) in [5, 5.41) is 4.66. The topological polar surface area (TPSA) is 95.9 Å². The second kappa shape index (κ2) is 6.04. The summed E-state index contributed by atoms with van der Waals surface area (Å²) in [5.41, 5.74) is 7.15. The van der Waals surface area contributed by atoms with E-state index in [1.165, 1.54) is 6.20 Å². The van der Waals surface area contributed by atoms with Crippen LogP contribution in [0.25, 0.3) is 22.4 Å². The lowest BCUT2D eigenvalue weighted by molar-refractivity contribution is 0.199. The minimum Gasteiger partial charge on any atom is -0.409 e. The molecule has 2 aromatic carbocycles. The molecule has 0 unspecified atom stereocenters. The van der Waals surface area contributed by atoms with Crippen LogP contribution in [0.15, 0.2) is 66.9 Å². The van der Waals surface area contributed by atoms with Crippen LogP contribution in [0.5, 0.6) is 5.75 Å². The van der Waals surface area contributed by atoms with E-state index in [0.717, 1.165) is 10.2 Å². The van der Waals surface area contributed by atoms with Crippen molar-refractivity contribution >= 4 is 22.9 Å². The van der Waals surface area contributed by atoms with Crippen molar-refractivity contribution in [2.75, 3.05) is 5.73 Å². The molecule has 0 saturated carbocycles. The van der Waals surface area contributed by atoms with Crippen molar-refractivity contribution in [2.45, 2.75) is 0 Å². The van der Waals surface area contributed by atoms with Crippen molar-refractivity contribution in [3.63, 3.8) is 0 Å². The van der Waals surface area contributed by atoms with Gasteiger partial charge in [0.1, 0.15) is 11.6 Å². The Bertz CT molecular complexity index is 1050. The van der Waals surface area contributed by atoms with Gasteiger partial charge in [0.15, 0.2) is 11.5 Å². The lowest BCUT2D eigenvalue weighted by atomic mass is 10.2. The molecule has 2 heterocycles. The number of nitrogens with two attached hydrogens (primary N) is 1. The first-order chi connectivity index (χ1) is 12.2. The summed E-state index contributed by atoms with van der Waals surface area (Å²) in [4.78, 5) is 20.9. The first kappa shape index (κ1) is 14.8. The van der Waals surface area contributed by atoms with Crippen LogP contribution >= 0.6 is 0 Å². The van der Waals surface area contributed by atoms with Gasteiger partial charge < -0.3 is 10.5 Å². The number of para-hydroxylation sites is 1. The summed E-state index contributed by atoms with van der Waals surface area (Å²) < 4.78 is 6.32. The predicted molar refractivity (Wildman–Crippen MR) is 93.0 cm³/mol. The van der Waals surface area contributed by atoms with E-state index < -0.39 is 6.09 Å². The maximum Gasteiger partial charge on any atom is 0.440 e.